The van der Waals surface area contributed by atoms with Crippen molar-refractivity contribution >= 4 is 23.8 Å². The number of rotatable bonds is 5. The highest BCUT2D eigenvalue weighted by molar-refractivity contribution is 7.71. The lowest BCUT2D eigenvalue weighted by Crippen LogP contribution is -2.37. The summed E-state index contributed by atoms with van der Waals surface area (Å²) in [6.45, 7) is 3.04. The molecular formula is C23H24N6O2S. The van der Waals surface area contributed by atoms with Crippen molar-refractivity contribution in [3.8, 4) is 23.2 Å². The molecule has 2 heterocycles. The molecule has 2 aromatic carbocycles. The number of aromatic amines is 1. The Balaban J connectivity index is 1.45. The number of ether oxygens (including phenoxy) is 1. The van der Waals surface area contributed by atoms with Crippen molar-refractivity contribution in [2.45, 2.75) is 13.0 Å². The fourth-order valence-electron chi connectivity index (χ4n) is 3.83. The lowest BCUT2D eigenvalue weighted by Gasteiger charge is -2.24. The van der Waals surface area contributed by atoms with E-state index < -0.39 is 0 Å². The Morgan fingerprint density at radius 1 is 1.12 bits per heavy atom. The molecule has 8 nitrogen and oxygen atoms in total. The molecule has 1 amide bonds. The summed E-state index contributed by atoms with van der Waals surface area (Å²) in [5.74, 6) is 1.39. The molecule has 1 aromatic heterocycles. The maximum Gasteiger partial charge on any atom is 0.242 e. The van der Waals surface area contributed by atoms with Gasteiger partial charge in [-0.2, -0.15) is 10.4 Å². The van der Waals surface area contributed by atoms with Crippen molar-refractivity contribution in [3.05, 3.63) is 58.9 Å². The molecule has 4 rings (SSSR count). The maximum atomic E-state index is 13.1. The van der Waals surface area contributed by atoms with Gasteiger partial charge in [0.15, 0.2) is 10.6 Å². The minimum absolute atomic E-state index is 0.0129. The smallest absolute Gasteiger partial charge is 0.242 e. The summed E-state index contributed by atoms with van der Waals surface area (Å²) in [5.41, 5.74) is 2.57. The zero-order chi connectivity index (χ0) is 22.5. The van der Waals surface area contributed by atoms with Crippen LogP contribution in [0.2, 0.25) is 0 Å². The number of H-pyrrole nitrogens is 1. The van der Waals surface area contributed by atoms with Gasteiger partial charge in [0, 0.05) is 37.4 Å². The average Bonchev–Trinajstić information content (AvgIpc) is 3.03. The number of amides is 1. The largest absolute Gasteiger partial charge is 0.497 e. The van der Waals surface area contributed by atoms with Crippen LogP contribution in [0.25, 0.3) is 11.4 Å². The number of hydrogen-bond acceptors (Lipinski definition) is 6. The van der Waals surface area contributed by atoms with Gasteiger partial charge in [0.1, 0.15) is 12.3 Å². The van der Waals surface area contributed by atoms with E-state index in [1.54, 1.807) is 11.7 Å². The molecule has 1 aliphatic heterocycles. The molecule has 0 atom stereocenters. The Morgan fingerprint density at radius 3 is 2.56 bits per heavy atom. The maximum absolute atomic E-state index is 13.1. The molecule has 164 valence electrons. The molecule has 0 radical (unpaired) electrons. The molecule has 9 heteroatoms. The second kappa shape index (κ2) is 9.66. The van der Waals surface area contributed by atoms with Crippen LogP contribution in [0.3, 0.4) is 0 Å². The number of nitrogens with zero attached hydrogens (tertiary/aromatic N) is 5. The number of benzene rings is 2. The number of nitriles is 1. The van der Waals surface area contributed by atoms with Crippen LogP contribution >= 0.6 is 12.2 Å². The Morgan fingerprint density at radius 2 is 1.88 bits per heavy atom. The second-order valence-electron chi connectivity index (χ2n) is 7.55. The molecule has 0 unspecified atom stereocenters. The SMILES string of the molecule is COc1ccc(-c2n[nH]c(=S)n2CC(=O)N2CCCN(c3ccc(C#N)cc3)CC2)cc1. The molecule has 32 heavy (non-hydrogen) atoms. The van der Waals surface area contributed by atoms with Gasteiger partial charge < -0.3 is 14.5 Å². The highest BCUT2D eigenvalue weighted by Gasteiger charge is 2.21. The van der Waals surface area contributed by atoms with Gasteiger partial charge in [0.2, 0.25) is 5.91 Å². The zero-order valence-electron chi connectivity index (χ0n) is 17.8. The average molecular weight is 449 g/mol. The Hall–Kier alpha value is -3.64. The third-order valence-electron chi connectivity index (χ3n) is 5.61. The van der Waals surface area contributed by atoms with Crippen LogP contribution in [0.5, 0.6) is 5.75 Å². The van der Waals surface area contributed by atoms with Gasteiger partial charge in [-0.3, -0.25) is 14.5 Å². The van der Waals surface area contributed by atoms with E-state index in [-0.39, 0.29) is 12.5 Å². The summed E-state index contributed by atoms with van der Waals surface area (Å²) in [6, 6.07) is 17.2. The predicted octanol–water partition coefficient (Wildman–Crippen LogP) is 3.23. The van der Waals surface area contributed by atoms with Crippen LogP contribution in [0.1, 0.15) is 12.0 Å². The van der Waals surface area contributed by atoms with E-state index in [1.807, 2.05) is 53.4 Å². The summed E-state index contributed by atoms with van der Waals surface area (Å²) >= 11 is 5.39. The van der Waals surface area contributed by atoms with Gasteiger partial charge in [-0.05, 0) is 67.2 Å². The first-order valence-corrected chi connectivity index (χ1v) is 10.8. The van der Waals surface area contributed by atoms with Crippen LogP contribution < -0.4 is 9.64 Å². The van der Waals surface area contributed by atoms with Crippen LogP contribution in [-0.2, 0) is 11.3 Å². The van der Waals surface area contributed by atoms with E-state index in [2.05, 4.69) is 21.2 Å². The zero-order valence-corrected chi connectivity index (χ0v) is 18.6. The Kier molecular flexibility index (Phi) is 6.52. The van der Waals surface area contributed by atoms with Crippen molar-refractivity contribution in [2.24, 2.45) is 0 Å². The van der Waals surface area contributed by atoms with Gasteiger partial charge in [0.25, 0.3) is 0 Å². The molecule has 1 aliphatic rings. The van der Waals surface area contributed by atoms with E-state index in [9.17, 15) is 4.79 Å². The molecule has 0 saturated carbocycles. The summed E-state index contributed by atoms with van der Waals surface area (Å²) in [4.78, 5) is 17.3. The number of methoxy groups -OCH3 is 1. The Labute approximate surface area is 191 Å². The number of anilines is 1. The normalized spacial score (nSPS) is 14.0. The molecule has 1 fully saturated rings. The first-order valence-electron chi connectivity index (χ1n) is 10.4. The number of carbonyl (C=O) groups excluding carboxylic acids is 1. The monoisotopic (exact) mass is 448 g/mol. The van der Waals surface area contributed by atoms with E-state index >= 15 is 0 Å². The summed E-state index contributed by atoms with van der Waals surface area (Å²) in [6.07, 6.45) is 0.869. The summed E-state index contributed by atoms with van der Waals surface area (Å²) in [5, 5.41) is 16.1. The molecule has 0 spiro atoms. The van der Waals surface area contributed by atoms with Crippen molar-refractivity contribution in [3.63, 3.8) is 0 Å². The fourth-order valence-corrected chi connectivity index (χ4v) is 4.03. The highest BCUT2D eigenvalue weighted by atomic mass is 32.1. The van der Waals surface area contributed by atoms with Gasteiger partial charge >= 0.3 is 0 Å². The number of nitrogens with one attached hydrogen (secondary N) is 1. The molecular weight excluding hydrogens is 424 g/mol. The van der Waals surface area contributed by atoms with Crippen LogP contribution in [0, 0.1) is 16.1 Å². The van der Waals surface area contributed by atoms with Crippen LogP contribution in [0.15, 0.2) is 48.5 Å². The molecule has 0 aliphatic carbocycles. The predicted molar refractivity (Wildman–Crippen MR) is 124 cm³/mol. The summed E-state index contributed by atoms with van der Waals surface area (Å²) in [7, 11) is 1.62. The standard InChI is InChI=1S/C23H24N6O2S/c1-31-20-9-5-18(6-10-20)22-25-26-23(32)29(22)16-21(30)28-12-2-11-27(13-14-28)19-7-3-17(15-24)4-8-19/h3-10H,2,11-14,16H2,1H3,(H,26,32). The Bertz CT molecular complexity index is 1180. The van der Waals surface area contributed by atoms with Crippen molar-refractivity contribution in [1.29, 1.82) is 5.26 Å². The van der Waals surface area contributed by atoms with Crippen molar-refractivity contribution in [2.75, 3.05) is 38.2 Å². The van der Waals surface area contributed by atoms with Gasteiger partial charge in [0.05, 0.1) is 18.7 Å². The third-order valence-corrected chi connectivity index (χ3v) is 5.92. The van der Waals surface area contributed by atoms with Crippen molar-refractivity contribution in [1.82, 2.24) is 19.7 Å². The van der Waals surface area contributed by atoms with Crippen LogP contribution in [0.4, 0.5) is 5.69 Å². The topological polar surface area (TPSA) is 90.2 Å². The van der Waals surface area contributed by atoms with Gasteiger partial charge in [-0.15, -0.1) is 0 Å². The van der Waals surface area contributed by atoms with Crippen molar-refractivity contribution < 1.29 is 9.53 Å². The number of hydrogen-bond donors (Lipinski definition) is 1. The van der Waals surface area contributed by atoms with E-state index in [0.717, 1.165) is 36.5 Å². The first kappa shape index (κ1) is 21.6. The molecule has 1 saturated heterocycles. The minimum Gasteiger partial charge on any atom is -0.497 e. The third kappa shape index (κ3) is 4.65. The molecule has 1 N–H and O–H groups in total. The lowest BCUT2D eigenvalue weighted by atomic mass is 10.2. The summed E-state index contributed by atoms with van der Waals surface area (Å²) < 4.78 is 7.37. The second-order valence-corrected chi connectivity index (χ2v) is 7.93. The van der Waals surface area contributed by atoms with E-state index in [4.69, 9.17) is 22.2 Å². The van der Waals surface area contributed by atoms with E-state index in [0.29, 0.717) is 29.2 Å². The first-order chi connectivity index (χ1) is 15.6. The highest BCUT2D eigenvalue weighted by Crippen LogP contribution is 2.22. The number of aromatic nitrogens is 3. The van der Waals surface area contributed by atoms with Gasteiger partial charge in [-0.1, -0.05) is 0 Å². The minimum atomic E-state index is 0.0129. The quantitative estimate of drug-likeness (QED) is 0.603. The molecule has 0 bridgehead atoms. The lowest BCUT2D eigenvalue weighted by molar-refractivity contribution is -0.131. The fraction of sp³-hybridized carbons (Fsp3) is 0.304. The van der Waals surface area contributed by atoms with Crippen LogP contribution in [-0.4, -0.2) is 58.9 Å². The number of carbonyl (C=O) groups is 1. The van der Waals surface area contributed by atoms with E-state index in [1.165, 1.54) is 0 Å². The molecule has 3 aromatic rings. The van der Waals surface area contributed by atoms with Gasteiger partial charge in [-0.25, -0.2) is 0 Å².